The number of nitriles is 1. The van der Waals surface area contributed by atoms with Crippen LogP contribution < -0.4 is 0 Å². The zero-order chi connectivity index (χ0) is 15.8. The molecule has 4 rings (SSSR count). The summed E-state index contributed by atoms with van der Waals surface area (Å²) in [6.07, 6.45) is 7.93. The van der Waals surface area contributed by atoms with Crippen LogP contribution in [0.5, 0.6) is 0 Å². The first-order valence-corrected chi connectivity index (χ1v) is 8.69. The van der Waals surface area contributed by atoms with Crippen molar-refractivity contribution in [1.29, 1.82) is 5.26 Å². The van der Waals surface area contributed by atoms with Gasteiger partial charge in [0.15, 0.2) is 15.9 Å². The molecule has 3 aromatic rings. The van der Waals surface area contributed by atoms with Crippen molar-refractivity contribution >= 4 is 39.5 Å². The molecule has 0 aliphatic carbocycles. The summed E-state index contributed by atoms with van der Waals surface area (Å²) in [4.78, 5) is 5.10. The number of thiazole rings is 1. The van der Waals surface area contributed by atoms with Crippen molar-refractivity contribution in [2.45, 2.75) is 32.2 Å². The van der Waals surface area contributed by atoms with E-state index >= 15 is 0 Å². The molecular formula is C15H13ClN6S. The molecule has 6 nitrogen and oxygen atoms in total. The average Bonchev–Trinajstić information content (AvgIpc) is 3.17. The van der Waals surface area contributed by atoms with E-state index in [1.165, 1.54) is 17.8 Å². The van der Waals surface area contributed by atoms with E-state index in [0.29, 0.717) is 22.2 Å². The quantitative estimate of drug-likeness (QED) is 0.668. The molecule has 0 atom stereocenters. The highest BCUT2D eigenvalue weighted by molar-refractivity contribution is 7.15. The number of rotatable bonds is 2. The molecule has 0 N–H and O–H groups in total. The Hall–Kier alpha value is -2.17. The van der Waals surface area contributed by atoms with Crippen LogP contribution in [0.15, 0.2) is 11.6 Å². The molecule has 1 aliphatic rings. The number of aromatic nitrogens is 5. The Labute approximate surface area is 141 Å². The molecule has 0 aromatic carbocycles. The van der Waals surface area contributed by atoms with E-state index < -0.39 is 0 Å². The molecule has 0 amide bonds. The van der Waals surface area contributed by atoms with Gasteiger partial charge in [0, 0.05) is 24.5 Å². The molecule has 3 aromatic heterocycles. The van der Waals surface area contributed by atoms with Crippen molar-refractivity contribution in [2.24, 2.45) is 0 Å². The third-order valence-corrected chi connectivity index (χ3v) is 5.04. The molecule has 0 spiro atoms. The standard InChI is InChI=1S/C15H13ClN6S/c16-13-11(21-6-7-23-15(21)18-13)8-10(9-17)14-20-19-12-4-2-1-3-5-22(12)14/h6-8H,1-5H2. The fourth-order valence-electron chi connectivity index (χ4n) is 2.87. The Morgan fingerprint density at radius 1 is 1.35 bits per heavy atom. The number of hydrogen-bond acceptors (Lipinski definition) is 5. The van der Waals surface area contributed by atoms with Gasteiger partial charge in [-0.3, -0.25) is 4.40 Å². The van der Waals surface area contributed by atoms with Crippen LogP contribution >= 0.6 is 22.9 Å². The van der Waals surface area contributed by atoms with Gasteiger partial charge in [0.25, 0.3) is 0 Å². The van der Waals surface area contributed by atoms with Gasteiger partial charge in [-0.2, -0.15) is 5.26 Å². The molecule has 23 heavy (non-hydrogen) atoms. The molecule has 1 aliphatic heterocycles. The third-order valence-electron chi connectivity index (χ3n) is 4.01. The van der Waals surface area contributed by atoms with Crippen molar-refractivity contribution in [2.75, 3.05) is 0 Å². The molecule has 0 radical (unpaired) electrons. The minimum atomic E-state index is 0.389. The van der Waals surface area contributed by atoms with Gasteiger partial charge < -0.3 is 4.57 Å². The van der Waals surface area contributed by atoms with Gasteiger partial charge in [-0.25, -0.2) is 4.98 Å². The summed E-state index contributed by atoms with van der Waals surface area (Å²) in [6.45, 7) is 0.852. The maximum atomic E-state index is 9.61. The van der Waals surface area contributed by atoms with E-state index in [0.717, 1.165) is 36.6 Å². The van der Waals surface area contributed by atoms with E-state index in [1.807, 2.05) is 16.0 Å². The highest BCUT2D eigenvalue weighted by Gasteiger charge is 2.19. The van der Waals surface area contributed by atoms with Crippen LogP contribution in [0.4, 0.5) is 0 Å². The largest absolute Gasteiger partial charge is 0.310 e. The molecule has 8 heteroatoms. The lowest BCUT2D eigenvalue weighted by atomic mass is 10.2. The van der Waals surface area contributed by atoms with E-state index in [-0.39, 0.29) is 0 Å². The fraction of sp³-hybridized carbons (Fsp3) is 0.333. The van der Waals surface area contributed by atoms with Gasteiger partial charge in [-0.1, -0.05) is 18.0 Å². The van der Waals surface area contributed by atoms with Gasteiger partial charge in [0.2, 0.25) is 0 Å². The van der Waals surface area contributed by atoms with E-state index in [2.05, 4.69) is 25.8 Å². The van der Waals surface area contributed by atoms with Crippen LogP contribution in [0, 0.1) is 11.3 Å². The van der Waals surface area contributed by atoms with Crippen LogP contribution in [0.2, 0.25) is 5.15 Å². The summed E-state index contributed by atoms with van der Waals surface area (Å²) in [6, 6.07) is 2.24. The lowest BCUT2D eigenvalue weighted by molar-refractivity contribution is 0.627. The topological polar surface area (TPSA) is 71.8 Å². The predicted molar refractivity (Wildman–Crippen MR) is 89.1 cm³/mol. The maximum absolute atomic E-state index is 9.61. The van der Waals surface area contributed by atoms with Crippen molar-refractivity contribution in [3.63, 3.8) is 0 Å². The second-order valence-corrected chi connectivity index (χ2v) is 6.65. The molecule has 0 saturated carbocycles. The number of allylic oxidation sites excluding steroid dienone is 1. The third kappa shape index (κ3) is 2.44. The minimum Gasteiger partial charge on any atom is -0.310 e. The van der Waals surface area contributed by atoms with Crippen LogP contribution in [-0.2, 0) is 13.0 Å². The summed E-state index contributed by atoms with van der Waals surface area (Å²) in [5.74, 6) is 1.57. The number of imidazole rings is 1. The summed E-state index contributed by atoms with van der Waals surface area (Å²) < 4.78 is 3.94. The number of fused-ring (bicyclic) bond motifs is 2. The van der Waals surface area contributed by atoms with Crippen molar-refractivity contribution in [3.8, 4) is 6.07 Å². The molecular weight excluding hydrogens is 332 g/mol. The maximum Gasteiger partial charge on any atom is 0.195 e. The Kier molecular flexibility index (Phi) is 3.63. The highest BCUT2D eigenvalue weighted by atomic mass is 35.5. The van der Waals surface area contributed by atoms with E-state index in [4.69, 9.17) is 11.6 Å². The van der Waals surface area contributed by atoms with Crippen LogP contribution in [0.25, 0.3) is 16.6 Å². The van der Waals surface area contributed by atoms with Gasteiger partial charge >= 0.3 is 0 Å². The molecule has 4 heterocycles. The first-order chi connectivity index (χ1) is 11.3. The van der Waals surface area contributed by atoms with Crippen LogP contribution in [-0.4, -0.2) is 24.1 Å². The normalized spacial score (nSPS) is 15.4. The average molecular weight is 345 g/mol. The SMILES string of the molecule is N#CC(=Cc1c(Cl)nc2sccn12)c1nnc2n1CCCCC2. The van der Waals surface area contributed by atoms with Gasteiger partial charge in [0.05, 0.1) is 11.3 Å². The number of aryl methyl sites for hydroxylation is 1. The first kappa shape index (κ1) is 14.4. The zero-order valence-corrected chi connectivity index (χ0v) is 13.8. The lowest BCUT2D eigenvalue weighted by Crippen LogP contribution is -2.05. The zero-order valence-electron chi connectivity index (χ0n) is 12.2. The second-order valence-electron chi connectivity index (χ2n) is 5.42. The Bertz CT molecular complexity index is 941. The van der Waals surface area contributed by atoms with Crippen molar-refractivity contribution < 1.29 is 0 Å². The van der Waals surface area contributed by atoms with Crippen molar-refractivity contribution in [1.82, 2.24) is 24.1 Å². The summed E-state index contributed by atoms with van der Waals surface area (Å²) in [5.41, 5.74) is 1.16. The smallest absolute Gasteiger partial charge is 0.195 e. The predicted octanol–water partition coefficient (Wildman–Crippen LogP) is 3.43. The number of hydrogen-bond donors (Lipinski definition) is 0. The lowest BCUT2D eigenvalue weighted by Gasteiger charge is -2.05. The van der Waals surface area contributed by atoms with Crippen LogP contribution in [0.1, 0.15) is 36.6 Å². The number of nitrogens with zero attached hydrogens (tertiary/aromatic N) is 6. The first-order valence-electron chi connectivity index (χ1n) is 7.43. The Morgan fingerprint density at radius 3 is 3.13 bits per heavy atom. The second kappa shape index (κ2) is 5.80. The summed E-state index contributed by atoms with van der Waals surface area (Å²) in [5, 5.41) is 20.4. The summed E-state index contributed by atoms with van der Waals surface area (Å²) >= 11 is 7.72. The van der Waals surface area contributed by atoms with Gasteiger partial charge in [-0.05, 0) is 18.9 Å². The Balaban J connectivity index is 1.83. The van der Waals surface area contributed by atoms with Gasteiger partial charge in [0.1, 0.15) is 11.9 Å². The van der Waals surface area contributed by atoms with E-state index in [9.17, 15) is 5.26 Å². The monoisotopic (exact) mass is 344 g/mol. The molecule has 0 fully saturated rings. The Morgan fingerprint density at radius 2 is 2.26 bits per heavy atom. The molecule has 0 unspecified atom stereocenters. The van der Waals surface area contributed by atoms with E-state index in [1.54, 1.807) is 6.08 Å². The molecule has 0 bridgehead atoms. The molecule has 0 saturated heterocycles. The van der Waals surface area contributed by atoms with Gasteiger partial charge in [-0.15, -0.1) is 21.5 Å². The molecule has 116 valence electrons. The van der Waals surface area contributed by atoms with Crippen molar-refractivity contribution in [3.05, 3.63) is 34.1 Å². The fourth-order valence-corrected chi connectivity index (χ4v) is 3.87. The summed E-state index contributed by atoms with van der Waals surface area (Å²) in [7, 11) is 0. The number of halogens is 1. The minimum absolute atomic E-state index is 0.389. The van der Waals surface area contributed by atoms with Crippen LogP contribution in [0.3, 0.4) is 0 Å². The highest BCUT2D eigenvalue weighted by Crippen LogP contribution is 2.26.